The topological polar surface area (TPSA) is 59.2 Å². The summed E-state index contributed by atoms with van der Waals surface area (Å²) in [6.45, 7) is 0.00205. The molecule has 0 radical (unpaired) electrons. The largest absolute Gasteiger partial charge is 0.434 e. The fraction of sp³-hybridized carbons (Fsp3) is 0.333. The van der Waals surface area contributed by atoms with Crippen LogP contribution in [-0.4, -0.2) is 28.9 Å². The van der Waals surface area contributed by atoms with Gasteiger partial charge in [-0.2, -0.15) is 13.2 Å². The van der Waals surface area contributed by atoms with Gasteiger partial charge in [0.15, 0.2) is 5.69 Å². The highest BCUT2D eigenvalue weighted by atomic mass is 35.5. The van der Waals surface area contributed by atoms with Gasteiger partial charge in [0.2, 0.25) is 5.91 Å². The molecule has 2 aromatic rings. The van der Waals surface area contributed by atoms with E-state index in [1.165, 1.54) is 11.9 Å². The smallest absolute Gasteiger partial charge is 0.338 e. The maximum Gasteiger partial charge on any atom is 0.434 e. The van der Waals surface area contributed by atoms with Crippen LogP contribution >= 0.6 is 23.7 Å². The van der Waals surface area contributed by atoms with Gasteiger partial charge in [0, 0.05) is 12.4 Å². The molecule has 1 atom stereocenters. The minimum atomic E-state index is -4.47. The van der Waals surface area contributed by atoms with Crippen molar-refractivity contribution in [2.75, 3.05) is 7.05 Å². The summed E-state index contributed by atoms with van der Waals surface area (Å²) in [5.41, 5.74) is 5.88. The van der Waals surface area contributed by atoms with Crippen molar-refractivity contribution in [2.45, 2.75) is 25.2 Å². The normalized spacial score (nSPS) is 12.4. The molecule has 0 aliphatic heterocycles. The molecule has 24 heavy (non-hydrogen) atoms. The number of alkyl halides is 3. The lowest BCUT2D eigenvalue weighted by Crippen LogP contribution is -2.42. The fourth-order valence-electron chi connectivity index (χ4n) is 2.03. The SMILES string of the molecule is CN(Cc1nc(C(F)(F)F)cs1)C(=O)[C@@H](N)Cc1ccccc1.Cl. The number of aromatic nitrogens is 1. The molecular weight excluding hydrogens is 363 g/mol. The number of likely N-dealkylation sites (N-methyl/N-ethyl adjacent to an activating group) is 1. The summed E-state index contributed by atoms with van der Waals surface area (Å²) in [5.74, 6) is -0.336. The molecule has 2 rings (SSSR count). The van der Waals surface area contributed by atoms with Crippen LogP contribution in [0.25, 0.3) is 0 Å². The average Bonchev–Trinajstić information content (AvgIpc) is 2.96. The lowest BCUT2D eigenvalue weighted by Gasteiger charge is -2.20. The van der Waals surface area contributed by atoms with Gasteiger partial charge in [0.1, 0.15) is 5.01 Å². The molecule has 0 aliphatic rings. The van der Waals surface area contributed by atoms with Gasteiger partial charge in [-0.05, 0) is 12.0 Å². The zero-order valence-electron chi connectivity index (χ0n) is 12.8. The number of hydrogen-bond donors (Lipinski definition) is 1. The summed E-state index contributed by atoms with van der Waals surface area (Å²) in [7, 11) is 1.50. The van der Waals surface area contributed by atoms with E-state index in [-0.39, 0.29) is 29.9 Å². The Balaban J connectivity index is 0.00000288. The Morgan fingerprint density at radius 1 is 1.33 bits per heavy atom. The van der Waals surface area contributed by atoms with E-state index < -0.39 is 17.9 Å². The third-order valence-corrected chi connectivity index (χ3v) is 4.04. The second kappa shape index (κ2) is 8.46. The lowest BCUT2D eigenvalue weighted by molar-refractivity contribution is -0.140. The third-order valence-electron chi connectivity index (χ3n) is 3.21. The summed E-state index contributed by atoms with van der Waals surface area (Å²) in [5, 5.41) is 1.16. The van der Waals surface area contributed by atoms with Gasteiger partial charge in [-0.25, -0.2) is 4.98 Å². The molecule has 4 nitrogen and oxygen atoms in total. The van der Waals surface area contributed by atoms with Crippen LogP contribution in [0.2, 0.25) is 0 Å². The van der Waals surface area contributed by atoms with Gasteiger partial charge in [0.05, 0.1) is 12.6 Å². The van der Waals surface area contributed by atoms with Crippen molar-refractivity contribution in [3.05, 3.63) is 52.0 Å². The number of thiazole rings is 1. The van der Waals surface area contributed by atoms with Crippen molar-refractivity contribution in [2.24, 2.45) is 5.73 Å². The van der Waals surface area contributed by atoms with Gasteiger partial charge < -0.3 is 10.6 Å². The number of amides is 1. The van der Waals surface area contributed by atoms with Gasteiger partial charge in [0.25, 0.3) is 0 Å². The van der Waals surface area contributed by atoms with E-state index in [4.69, 9.17) is 5.73 Å². The zero-order chi connectivity index (χ0) is 17.0. The first-order valence-corrected chi connectivity index (χ1v) is 7.71. The number of carbonyl (C=O) groups is 1. The van der Waals surface area contributed by atoms with Crippen LogP contribution in [-0.2, 0) is 23.9 Å². The quantitative estimate of drug-likeness (QED) is 0.868. The van der Waals surface area contributed by atoms with E-state index in [2.05, 4.69) is 4.98 Å². The van der Waals surface area contributed by atoms with Crippen molar-refractivity contribution in [1.82, 2.24) is 9.88 Å². The highest BCUT2D eigenvalue weighted by Gasteiger charge is 2.34. The molecule has 1 aromatic heterocycles. The number of benzene rings is 1. The van der Waals surface area contributed by atoms with Crippen molar-refractivity contribution >= 4 is 29.7 Å². The maximum absolute atomic E-state index is 12.5. The van der Waals surface area contributed by atoms with E-state index in [0.29, 0.717) is 6.42 Å². The molecule has 132 valence electrons. The number of hydrogen-bond acceptors (Lipinski definition) is 4. The standard InChI is InChI=1S/C15H16F3N3OS.ClH/c1-21(8-13-20-12(9-23-13)15(16,17)18)14(22)11(19)7-10-5-3-2-4-6-10;/h2-6,9,11H,7-8,19H2,1H3;1H/t11-;/m0./s1. The highest BCUT2D eigenvalue weighted by Crippen LogP contribution is 2.30. The molecule has 9 heteroatoms. The molecule has 0 saturated carbocycles. The molecule has 0 aliphatic carbocycles. The highest BCUT2D eigenvalue weighted by molar-refractivity contribution is 7.09. The Labute approximate surface area is 147 Å². The number of nitrogens with zero attached hydrogens (tertiary/aromatic N) is 2. The lowest BCUT2D eigenvalue weighted by atomic mass is 10.1. The molecule has 0 spiro atoms. The molecule has 1 aromatic carbocycles. The van der Waals surface area contributed by atoms with E-state index >= 15 is 0 Å². The molecule has 1 amide bonds. The van der Waals surface area contributed by atoms with Crippen molar-refractivity contribution < 1.29 is 18.0 Å². The Morgan fingerprint density at radius 2 is 1.96 bits per heavy atom. The van der Waals surface area contributed by atoms with Crippen LogP contribution < -0.4 is 5.73 Å². The molecule has 0 fully saturated rings. The maximum atomic E-state index is 12.5. The number of halogens is 4. The summed E-state index contributed by atoms with van der Waals surface area (Å²) in [6.07, 6.45) is -4.10. The van der Waals surface area contributed by atoms with E-state index in [9.17, 15) is 18.0 Å². The minimum absolute atomic E-state index is 0. The minimum Gasteiger partial charge on any atom is -0.338 e. The number of rotatable bonds is 5. The van der Waals surface area contributed by atoms with Crippen LogP contribution in [0.15, 0.2) is 35.7 Å². The van der Waals surface area contributed by atoms with Gasteiger partial charge in [-0.3, -0.25) is 4.79 Å². The Morgan fingerprint density at radius 3 is 2.50 bits per heavy atom. The average molecular weight is 380 g/mol. The van der Waals surface area contributed by atoms with Crippen LogP contribution in [0.1, 0.15) is 16.3 Å². The van der Waals surface area contributed by atoms with Crippen molar-refractivity contribution in [1.29, 1.82) is 0 Å². The van der Waals surface area contributed by atoms with Gasteiger partial charge in [-0.15, -0.1) is 23.7 Å². The third kappa shape index (κ3) is 5.47. The Kier molecular flexibility index (Phi) is 7.19. The van der Waals surface area contributed by atoms with E-state index in [0.717, 1.165) is 22.3 Å². The molecule has 2 N–H and O–H groups in total. The summed E-state index contributed by atoms with van der Waals surface area (Å²) >= 11 is 0.872. The molecule has 0 bridgehead atoms. The first-order valence-electron chi connectivity index (χ1n) is 6.83. The second-order valence-electron chi connectivity index (χ2n) is 5.11. The molecule has 1 heterocycles. The predicted molar refractivity (Wildman–Crippen MR) is 89.0 cm³/mol. The first kappa shape index (κ1) is 20.4. The summed E-state index contributed by atoms with van der Waals surface area (Å²) in [6, 6.07) is 8.55. The fourth-order valence-corrected chi connectivity index (χ4v) is 2.89. The molecular formula is C15H17ClF3N3OS. The van der Waals surface area contributed by atoms with Gasteiger partial charge in [-0.1, -0.05) is 30.3 Å². The molecule has 0 saturated heterocycles. The zero-order valence-corrected chi connectivity index (χ0v) is 14.4. The van der Waals surface area contributed by atoms with Crippen LogP contribution in [0.5, 0.6) is 0 Å². The van der Waals surface area contributed by atoms with Crippen LogP contribution in [0.3, 0.4) is 0 Å². The second-order valence-corrected chi connectivity index (χ2v) is 6.06. The predicted octanol–water partition coefficient (Wildman–Crippen LogP) is 3.11. The summed E-state index contributed by atoms with van der Waals surface area (Å²) < 4.78 is 37.5. The number of nitrogens with two attached hydrogens (primary N) is 1. The van der Waals surface area contributed by atoms with Crippen LogP contribution in [0.4, 0.5) is 13.2 Å². The van der Waals surface area contributed by atoms with Crippen molar-refractivity contribution in [3.63, 3.8) is 0 Å². The summed E-state index contributed by atoms with van der Waals surface area (Å²) in [4.78, 5) is 17.0. The number of carbonyl (C=O) groups excluding carboxylic acids is 1. The molecule has 0 unspecified atom stereocenters. The van der Waals surface area contributed by atoms with Crippen LogP contribution in [0, 0.1) is 0 Å². The Hall–Kier alpha value is -1.64. The monoisotopic (exact) mass is 379 g/mol. The first-order chi connectivity index (χ1) is 10.8. The van der Waals surface area contributed by atoms with E-state index in [1.54, 1.807) is 0 Å². The van der Waals surface area contributed by atoms with E-state index in [1.807, 2.05) is 30.3 Å². The Bertz CT molecular complexity index is 663. The van der Waals surface area contributed by atoms with Crippen molar-refractivity contribution in [3.8, 4) is 0 Å². The van der Waals surface area contributed by atoms with Gasteiger partial charge >= 0.3 is 6.18 Å².